The van der Waals surface area contributed by atoms with E-state index in [4.69, 9.17) is 17.4 Å². The maximum absolute atomic E-state index is 6.12. The first-order chi connectivity index (χ1) is 8.19. The highest BCUT2D eigenvalue weighted by Crippen LogP contribution is 2.21. The molecule has 0 saturated heterocycles. The van der Waals surface area contributed by atoms with E-state index >= 15 is 0 Å². The van der Waals surface area contributed by atoms with Crippen molar-refractivity contribution in [1.82, 2.24) is 10.7 Å². The molecule has 4 N–H and O–H groups in total. The third-order valence-electron chi connectivity index (χ3n) is 2.36. The number of hydrogen-bond donors (Lipinski definition) is 3. The van der Waals surface area contributed by atoms with Crippen LogP contribution >= 0.6 is 11.6 Å². The fourth-order valence-electron chi connectivity index (χ4n) is 1.47. The van der Waals surface area contributed by atoms with Crippen molar-refractivity contribution < 1.29 is 0 Å². The van der Waals surface area contributed by atoms with Gasteiger partial charge in [-0.3, -0.25) is 10.4 Å². The molecule has 0 aliphatic rings. The standard InChI is InChI=1S/C12H19ClN4/c1-3-8-15-12(17-14)16-9(2)10-6-4-5-7-11(10)13/h4-7,9H,3,8,14H2,1-2H3,(H2,15,16,17). The van der Waals surface area contributed by atoms with E-state index in [1.54, 1.807) is 0 Å². The van der Waals surface area contributed by atoms with Gasteiger partial charge in [-0.05, 0) is 25.0 Å². The molecule has 0 bridgehead atoms. The van der Waals surface area contributed by atoms with E-state index in [9.17, 15) is 0 Å². The molecule has 1 rings (SSSR count). The minimum atomic E-state index is 0.0513. The summed E-state index contributed by atoms with van der Waals surface area (Å²) in [6.07, 6.45) is 0.979. The van der Waals surface area contributed by atoms with Gasteiger partial charge in [-0.1, -0.05) is 36.7 Å². The van der Waals surface area contributed by atoms with Gasteiger partial charge in [-0.15, -0.1) is 0 Å². The van der Waals surface area contributed by atoms with Crippen molar-refractivity contribution in [3.8, 4) is 0 Å². The Hall–Kier alpha value is -1.26. The van der Waals surface area contributed by atoms with Gasteiger partial charge < -0.3 is 5.32 Å². The summed E-state index contributed by atoms with van der Waals surface area (Å²) in [5, 5.41) is 3.92. The van der Waals surface area contributed by atoms with E-state index in [2.05, 4.69) is 22.7 Å². The van der Waals surface area contributed by atoms with Crippen LogP contribution in [-0.2, 0) is 0 Å². The molecule has 0 heterocycles. The van der Waals surface area contributed by atoms with Crippen molar-refractivity contribution >= 4 is 17.6 Å². The number of nitrogens with zero attached hydrogens (tertiary/aromatic N) is 1. The van der Waals surface area contributed by atoms with E-state index in [0.717, 1.165) is 23.6 Å². The van der Waals surface area contributed by atoms with E-state index in [0.29, 0.717) is 5.96 Å². The predicted octanol–water partition coefficient (Wildman–Crippen LogP) is 2.22. The molecule has 1 atom stereocenters. The van der Waals surface area contributed by atoms with Crippen LogP contribution in [-0.4, -0.2) is 12.5 Å². The molecule has 1 aromatic rings. The van der Waals surface area contributed by atoms with Crippen molar-refractivity contribution in [2.24, 2.45) is 10.8 Å². The average molecular weight is 255 g/mol. The lowest BCUT2D eigenvalue weighted by Gasteiger charge is -2.17. The first-order valence-corrected chi connectivity index (χ1v) is 6.08. The van der Waals surface area contributed by atoms with Crippen LogP contribution in [0.1, 0.15) is 31.9 Å². The smallest absolute Gasteiger partial charge is 0.206 e. The number of benzene rings is 1. The second kappa shape index (κ2) is 7.14. The van der Waals surface area contributed by atoms with E-state index < -0.39 is 0 Å². The first-order valence-electron chi connectivity index (χ1n) is 5.71. The van der Waals surface area contributed by atoms with Gasteiger partial charge in [0.2, 0.25) is 5.96 Å². The van der Waals surface area contributed by atoms with Gasteiger partial charge in [0.15, 0.2) is 0 Å². The third-order valence-corrected chi connectivity index (χ3v) is 2.70. The van der Waals surface area contributed by atoms with Gasteiger partial charge in [-0.2, -0.15) is 0 Å². The molecule has 0 amide bonds. The Bertz CT molecular complexity index is 379. The average Bonchev–Trinajstić information content (AvgIpc) is 2.34. The van der Waals surface area contributed by atoms with Crippen LogP contribution in [0, 0.1) is 0 Å². The maximum Gasteiger partial charge on any atom is 0.206 e. The van der Waals surface area contributed by atoms with Gasteiger partial charge in [0, 0.05) is 11.6 Å². The van der Waals surface area contributed by atoms with E-state index in [-0.39, 0.29) is 6.04 Å². The molecular formula is C12H19ClN4. The molecule has 1 unspecified atom stereocenters. The Labute approximate surface area is 107 Å². The van der Waals surface area contributed by atoms with Crippen LogP contribution in [0.5, 0.6) is 0 Å². The highest BCUT2D eigenvalue weighted by molar-refractivity contribution is 6.31. The van der Waals surface area contributed by atoms with Gasteiger partial charge >= 0.3 is 0 Å². The quantitative estimate of drug-likeness (QED) is 0.334. The van der Waals surface area contributed by atoms with Crippen LogP contribution in [0.25, 0.3) is 0 Å². The number of nitrogens with two attached hydrogens (primary N) is 1. The van der Waals surface area contributed by atoms with Gasteiger partial charge in [0.05, 0.1) is 6.04 Å². The van der Waals surface area contributed by atoms with E-state index in [1.807, 2.05) is 31.2 Å². The summed E-state index contributed by atoms with van der Waals surface area (Å²) in [5.41, 5.74) is 3.57. The zero-order valence-electron chi connectivity index (χ0n) is 10.2. The van der Waals surface area contributed by atoms with Crippen LogP contribution in [0.3, 0.4) is 0 Å². The fourth-order valence-corrected chi connectivity index (χ4v) is 1.77. The Morgan fingerprint density at radius 3 is 2.76 bits per heavy atom. The summed E-state index contributed by atoms with van der Waals surface area (Å²) in [4.78, 5) is 4.28. The van der Waals surface area contributed by atoms with Gasteiger partial charge in [0.1, 0.15) is 0 Å². The topological polar surface area (TPSA) is 62.4 Å². The van der Waals surface area contributed by atoms with Crippen molar-refractivity contribution in [3.63, 3.8) is 0 Å². The molecule has 4 nitrogen and oxygen atoms in total. The molecule has 0 aromatic heterocycles. The number of halogens is 1. The highest BCUT2D eigenvalue weighted by Gasteiger charge is 2.09. The molecule has 0 aliphatic carbocycles. The van der Waals surface area contributed by atoms with Crippen LogP contribution in [0.15, 0.2) is 29.3 Å². The maximum atomic E-state index is 6.12. The summed E-state index contributed by atoms with van der Waals surface area (Å²) >= 11 is 6.12. The summed E-state index contributed by atoms with van der Waals surface area (Å²) in [7, 11) is 0. The zero-order chi connectivity index (χ0) is 12.7. The first kappa shape index (κ1) is 13.8. The Balaban J connectivity index is 2.71. The normalized spacial score (nSPS) is 13.3. The molecule has 0 fully saturated rings. The number of guanidine groups is 1. The van der Waals surface area contributed by atoms with Gasteiger partial charge in [0.25, 0.3) is 0 Å². The SMILES string of the molecule is CCCN=C(NN)NC(C)c1ccccc1Cl. The van der Waals surface area contributed by atoms with Crippen molar-refractivity contribution in [1.29, 1.82) is 0 Å². The second-order valence-corrected chi connectivity index (χ2v) is 4.17. The molecular weight excluding hydrogens is 236 g/mol. The molecule has 0 aliphatic heterocycles. The van der Waals surface area contributed by atoms with Crippen molar-refractivity contribution in [2.45, 2.75) is 26.3 Å². The Kier molecular flexibility index (Phi) is 5.80. The van der Waals surface area contributed by atoms with E-state index in [1.165, 1.54) is 0 Å². The number of hydrazine groups is 1. The molecule has 1 aromatic carbocycles. The fraction of sp³-hybridized carbons (Fsp3) is 0.417. The third kappa shape index (κ3) is 4.24. The molecule has 0 saturated carbocycles. The number of nitrogens with one attached hydrogen (secondary N) is 2. The Morgan fingerprint density at radius 2 is 2.18 bits per heavy atom. The number of rotatable bonds is 4. The van der Waals surface area contributed by atoms with Gasteiger partial charge in [-0.25, -0.2) is 5.84 Å². The number of aliphatic imine (C=N–C) groups is 1. The molecule has 5 heteroatoms. The molecule has 17 heavy (non-hydrogen) atoms. The molecule has 0 radical (unpaired) electrons. The van der Waals surface area contributed by atoms with Crippen molar-refractivity contribution in [2.75, 3.05) is 6.54 Å². The summed E-state index contributed by atoms with van der Waals surface area (Å²) < 4.78 is 0. The van der Waals surface area contributed by atoms with Crippen LogP contribution < -0.4 is 16.6 Å². The lowest BCUT2D eigenvalue weighted by atomic mass is 10.1. The summed E-state index contributed by atoms with van der Waals surface area (Å²) in [6.45, 7) is 4.82. The van der Waals surface area contributed by atoms with Crippen molar-refractivity contribution in [3.05, 3.63) is 34.9 Å². The molecule has 94 valence electrons. The highest BCUT2D eigenvalue weighted by atomic mass is 35.5. The van der Waals surface area contributed by atoms with Crippen LogP contribution in [0.2, 0.25) is 5.02 Å². The minimum Gasteiger partial charge on any atom is -0.349 e. The minimum absolute atomic E-state index is 0.0513. The summed E-state index contributed by atoms with van der Waals surface area (Å²) in [5.74, 6) is 5.98. The Morgan fingerprint density at radius 1 is 1.47 bits per heavy atom. The molecule has 0 spiro atoms. The predicted molar refractivity (Wildman–Crippen MR) is 72.9 cm³/mol. The second-order valence-electron chi connectivity index (χ2n) is 3.76. The lowest BCUT2D eigenvalue weighted by molar-refractivity contribution is 0.687. The monoisotopic (exact) mass is 254 g/mol. The van der Waals surface area contributed by atoms with Crippen LogP contribution in [0.4, 0.5) is 0 Å². The summed E-state index contributed by atoms with van der Waals surface area (Å²) in [6, 6.07) is 7.77. The lowest BCUT2D eigenvalue weighted by Crippen LogP contribution is -2.42. The number of hydrogen-bond acceptors (Lipinski definition) is 2. The largest absolute Gasteiger partial charge is 0.349 e. The zero-order valence-corrected chi connectivity index (χ0v) is 11.0.